The Labute approximate surface area is 159 Å². The molecule has 7 heteroatoms. The lowest BCUT2D eigenvalue weighted by Crippen LogP contribution is -2.32. The molecular formula is C19H24ClN3O3. The predicted molar refractivity (Wildman–Crippen MR) is 106 cm³/mol. The fourth-order valence-corrected chi connectivity index (χ4v) is 2.30. The van der Waals surface area contributed by atoms with E-state index in [2.05, 4.69) is 10.6 Å². The number of halogens is 1. The Morgan fingerprint density at radius 1 is 1.08 bits per heavy atom. The van der Waals surface area contributed by atoms with Gasteiger partial charge in [-0.15, -0.1) is 12.4 Å². The summed E-state index contributed by atoms with van der Waals surface area (Å²) in [5, 5.41) is 5.29. The minimum Gasteiger partial charge on any atom is -0.495 e. The molecule has 0 fully saturated rings. The first-order valence-electron chi connectivity index (χ1n) is 8.03. The van der Waals surface area contributed by atoms with Gasteiger partial charge < -0.3 is 21.1 Å². The summed E-state index contributed by atoms with van der Waals surface area (Å²) in [6, 6.07) is 13.0. The quantitative estimate of drug-likeness (QED) is 0.647. The van der Waals surface area contributed by atoms with E-state index in [0.29, 0.717) is 30.0 Å². The number of nitrogens with one attached hydrogen (secondary N) is 2. The van der Waals surface area contributed by atoms with Gasteiger partial charge in [0.15, 0.2) is 0 Å². The molecule has 140 valence electrons. The summed E-state index contributed by atoms with van der Waals surface area (Å²) in [6.07, 6.45) is 0.981. The molecule has 0 unspecified atom stereocenters. The standard InChI is InChI=1S/C19H23N3O3.ClH/c1-13-3-5-14(6-4-13)7-10-18(23)21-12-19(24)22-15-8-9-17(25-2)16(20)11-15;/h3-6,8-9,11H,7,10,12,20H2,1-2H3,(H,21,23)(H,22,24);1H. The van der Waals surface area contributed by atoms with Crippen LogP contribution in [-0.4, -0.2) is 25.5 Å². The van der Waals surface area contributed by atoms with Gasteiger partial charge in [0.1, 0.15) is 5.75 Å². The molecule has 0 saturated heterocycles. The lowest BCUT2D eigenvalue weighted by Gasteiger charge is -2.09. The lowest BCUT2D eigenvalue weighted by atomic mass is 10.1. The molecule has 2 amide bonds. The smallest absolute Gasteiger partial charge is 0.243 e. The summed E-state index contributed by atoms with van der Waals surface area (Å²) in [6.45, 7) is 1.93. The van der Waals surface area contributed by atoms with Gasteiger partial charge in [-0.25, -0.2) is 0 Å². The molecule has 2 aromatic rings. The van der Waals surface area contributed by atoms with Crippen LogP contribution in [0.4, 0.5) is 11.4 Å². The van der Waals surface area contributed by atoms with Crippen molar-refractivity contribution in [3.05, 3.63) is 53.6 Å². The first-order valence-corrected chi connectivity index (χ1v) is 8.03. The number of ether oxygens (including phenoxy) is 1. The largest absolute Gasteiger partial charge is 0.495 e. The Bertz CT molecular complexity index is 748. The average molecular weight is 378 g/mol. The molecule has 0 bridgehead atoms. The number of hydrogen-bond donors (Lipinski definition) is 3. The van der Waals surface area contributed by atoms with Gasteiger partial charge in [-0.05, 0) is 37.1 Å². The van der Waals surface area contributed by atoms with E-state index >= 15 is 0 Å². The number of hydrogen-bond acceptors (Lipinski definition) is 4. The monoisotopic (exact) mass is 377 g/mol. The highest BCUT2D eigenvalue weighted by Gasteiger charge is 2.08. The van der Waals surface area contributed by atoms with Crippen LogP contribution in [0.2, 0.25) is 0 Å². The molecule has 0 aliphatic carbocycles. The number of nitrogens with two attached hydrogens (primary N) is 1. The van der Waals surface area contributed by atoms with Crippen molar-refractivity contribution in [2.45, 2.75) is 19.8 Å². The summed E-state index contributed by atoms with van der Waals surface area (Å²) >= 11 is 0. The van der Waals surface area contributed by atoms with Crippen LogP contribution in [0.25, 0.3) is 0 Å². The number of benzene rings is 2. The van der Waals surface area contributed by atoms with Gasteiger partial charge in [0, 0.05) is 12.1 Å². The first kappa shape index (κ1) is 21.3. The van der Waals surface area contributed by atoms with Crippen LogP contribution in [0.15, 0.2) is 42.5 Å². The van der Waals surface area contributed by atoms with Gasteiger partial charge in [0.05, 0.1) is 19.3 Å². The van der Waals surface area contributed by atoms with Gasteiger partial charge in [0.2, 0.25) is 11.8 Å². The third-order valence-corrected chi connectivity index (χ3v) is 3.72. The molecule has 26 heavy (non-hydrogen) atoms. The molecule has 6 nitrogen and oxygen atoms in total. The van der Waals surface area contributed by atoms with Crippen LogP contribution in [-0.2, 0) is 16.0 Å². The fraction of sp³-hybridized carbons (Fsp3) is 0.263. The van der Waals surface area contributed by atoms with E-state index in [9.17, 15) is 9.59 Å². The number of amides is 2. The third-order valence-electron chi connectivity index (χ3n) is 3.72. The molecule has 0 saturated carbocycles. The summed E-state index contributed by atoms with van der Waals surface area (Å²) < 4.78 is 5.06. The van der Waals surface area contributed by atoms with E-state index in [4.69, 9.17) is 10.5 Å². The molecule has 2 aromatic carbocycles. The number of aryl methyl sites for hydroxylation is 2. The zero-order valence-corrected chi connectivity index (χ0v) is 15.7. The van der Waals surface area contributed by atoms with Crippen LogP contribution in [0.5, 0.6) is 5.75 Å². The van der Waals surface area contributed by atoms with E-state index in [1.807, 2.05) is 31.2 Å². The molecule has 0 spiro atoms. The van der Waals surface area contributed by atoms with Crippen LogP contribution >= 0.6 is 12.4 Å². The van der Waals surface area contributed by atoms with Crippen LogP contribution in [0.3, 0.4) is 0 Å². The molecule has 0 aliphatic rings. The van der Waals surface area contributed by atoms with Crippen molar-refractivity contribution in [3.63, 3.8) is 0 Å². The minimum atomic E-state index is -0.312. The fourth-order valence-electron chi connectivity index (χ4n) is 2.30. The number of methoxy groups -OCH3 is 1. The number of rotatable bonds is 7. The molecule has 0 radical (unpaired) electrons. The maximum Gasteiger partial charge on any atom is 0.243 e. The number of carbonyl (C=O) groups is 2. The summed E-state index contributed by atoms with van der Waals surface area (Å²) in [5.41, 5.74) is 9.05. The van der Waals surface area contributed by atoms with Gasteiger partial charge >= 0.3 is 0 Å². The van der Waals surface area contributed by atoms with Crippen molar-refractivity contribution in [1.82, 2.24) is 5.32 Å². The SMILES string of the molecule is COc1ccc(NC(=O)CNC(=O)CCc2ccc(C)cc2)cc1N.Cl. The predicted octanol–water partition coefficient (Wildman–Crippen LogP) is 2.70. The van der Waals surface area contributed by atoms with Crippen molar-refractivity contribution < 1.29 is 14.3 Å². The second kappa shape index (κ2) is 10.3. The Morgan fingerprint density at radius 2 is 1.77 bits per heavy atom. The number of nitrogen functional groups attached to an aromatic ring is 1. The zero-order valence-electron chi connectivity index (χ0n) is 14.9. The molecule has 0 atom stereocenters. The molecule has 0 aromatic heterocycles. The highest BCUT2D eigenvalue weighted by Crippen LogP contribution is 2.24. The van der Waals surface area contributed by atoms with Crippen LogP contribution in [0.1, 0.15) is 17.5 Å². The van der Waals surface area contributed by atoms with E-state index in [1.165, 1.54) is 12.7 Å². The first-order chi connectivity index (χ1) is 12.0. The van der Waals surface area contributed by atoms with Gasteiger partial charge in [-0.2, -0.15) is 0 Å². The summed E-state index contributed by atoms with van der Waals surface area (Å²) in [7, 11) is 1.52. The molecule has 2 rings (SSSR count). The second-order valence-electron chi connectivity index (χ2n) is 5.77. The maximum absolute atomic E-state index is 11.9. The number of anilines is 2. The van der Waals surface area contributed by atoms with Gasteiger partial charge in [0.25, 0.3) is 0 Å². The topological polar surface area (TPSA) is 93.5 Å². The van der Waals surface area contributed by atoms with Gasteiger partial charge in [-0.3, -0.25) is 9.59 Å². The third kappa shape index (κ3) is 6.64. The highest BCUT2D eigenvalue weighted by atomic mass is 35.5. The summed E-state index contributed by atoms with van der Waals surface area (Å²) in [4.78, 5) is 23.7. The van der Waals surface area contributed by atoms with E-state index in [0.717, 1.165) is 5.56 Å². The Kier molecular flexibility index (Phi) is 8.45. The minimum absolute atomic E-state index is 0. The molecule has 0 heterocycles. The highest BCUT2D eigenvalue weighted by molar-refractivity contribution is 5.95. The molecule has 0 aliphatic heterocycles. The van der Waals surface area contributed by atoms with E-state index < -0.39 is 0 Å². The van der Waals surface area contributed by atoms with Crippen LogP contribution < -0.4 is 21.1 Å². The Morgan fingerprint density at radius 3 is 2.38 bits per heavy atom. The van der Waals surface area contributed by atoms with Crippen molar-refractivity contribution in [2.24, 2.45) is 0 Å². The van der Waals surface area contributed by atoms with E-state index in [1.54, 1.807) is 18.2 Å². The lowest BCUT2D eigenvalue weighted by molar-refractivity contribution is -0.124. The molecule has 4 N–H and O–H groups in total. The van der Waals surface area contributed by atoms with Crippen molar-refractivity contribution in [1.29, 1.82) is 0 Å². The second-order valence-corrected chi connectivity index (χ2v) is 5.77. The molecular weight excluding hydrogens is 354 g/mol. The Balaban J connectivity index is 0.00000338. The summed E-state index contributed by atoms with van der Waals surface area (Å²) in [5.74, 6) is 0.0700. The Hall–Kier alpha value is -2.73. The normalized spacial score (nSPS) is 9.77. The van der Waals surface area contributed by atoms with Crippen molar-refractivity contribution in [2.75, 3.05) is 24.7 Å². The number of carbonyl (C=O) groups excluding carboxylic acids is 2. The zero-order chi connectivity index (χ0) is 18.2. The van der Waals surface area contributed by atoms with Crippen molar-refractivity contribution in [3.8, 4) is 5.75 Å². The van der Waals surface area contributed by atoms with Crippen LogP contribution in [0, 0.1) is 6.92 Å². The maximum atomic E-state index is 11.9. The van der Waals surface area contributed by atoms with Gasteiger partial charge in [-0.1, -0.05) is 29.8 Å². The average Bonchev–Trinajstić information content (AvgIpc) is 2.59. The van der Waals surface area contributed by atoms with E-state index in [-0.39, 0.29) is 30.8 Å². The van der Waals surface area contributed by atoms with Crippen molar-refractivity contribution >= 4 is 35.6 Å².